The first-order valence-electron chi connectivity index (χ1n) is 7.91. The number of halogens is 3. The van der Waals surface area contributed by atoms with Crippen LogP contribution in [0, 0.1) is 13.8 Å². The lowest BCUT2D eigenvalue weighted by atomic mass is 10.1. The Morgan fingerprint density at radius 3 is 2.58 bits per heavy atom. The smallest absolute Gasteiger partial charge is 0.376 e. The standard InChI is InChI=1S/C15H20F3N5O/c1-9-10(2)13(22(3)8-11-6-4-5-7-24-11)21-23-12(9)19-20-14(23)15(16,17)18/h11H,4-8H2,1-3H3. The van der Waals surface area contributed by atoms with Gasteiger partial charge in [0.2, 0.25) is 0 Å². The maximum Gasteiger partial charge on any atom is 0.453 e. The molecule has 2 aromatic heterocycles. The zero-order valence-electron chi connectivity index (χ0n) is 13.9. The molecular weight excluding hydrogens is 323 g/mol. The van der Waals surface area contributed by atoms with Crippen LogP contribution in [-0.4, -0.2) is 46.1 Å². The van der Waals surface area contributed by atoms with Crippen molar-refractivity contribution in [3.63, 3.8) is 0 Å². The van der Waals surface area contributed by atoms with Gasteiger partial charge in [-0.05, 0) is 33.1 Å². The summed E-state index contributed by atoms with van der Waals surface area (Å²) in [5.74, 6) is -0.622. The number of rotatable bonds is 3. The minimum absolute atomic E-state index is 0.0731. The van der Waals surface area contributed by atoms with Gasteiger partial charge in [0.1, 0.15) is 0 Å². The summed E-state index contributed by atoms with van der Waals surface area (Å²) in [6, 6.07) is 0. The van der Waals surface area contributed by atoms with E-state index in [1.54, 1.807) is 6.92 Å². The number of fused-ring (bicyclic) bond motifs is 1. The number of likely N-dealkylation sites (N-methyl/N-ethyl adjacent to an activating group) is 1. The van der Waals surface area contributed by atoms with Gasteiger partial charge in [-0.3, -0.25) is 0 Å². The first-order valence-corrected chi connectivity index (χ1v) is 7.91. The fourth-order valence-electron chi connectivity index (χ4n) is 3.00. The average Bonchev–Trinajstić information content (AvgIpc) is 2.96. The van der Waals surface area contributed by atoms with Crippen molar-refractivity contribution in [1.82, 2.24) is 19.8 Å². The summed E-state index contributed by atoms with van der Waals surface area (Å²) >= 11 is 0. The lowest BCUT2D eigenvalue weighted by Crippen LogP contribution is -2.34. The third-order valence-electron chi connectivity index (χ3n) is 4.44. The van der Waals surface area contributed by atoms with Gasteiger partial charge in [-0.25, -0.2) is 0 Å². The number of hydrogen-bond donors (Lipinski definition) is 0. The normalized spacial score (nSPS) is 19.0. The Kier molecular flexibility index (Phi) is 4.37. The van der Waals surface area contributed by atoms with E-state index >= 15 is 0 Å². The molecule has 0 N–H and O–H groups in total. The molecule has 0 aliphatic carbocycles. The van der Waals surface area contributed by atoms with E-state index in [1.165, 1.54) is 0 Å². The van der Waals surface area contributed by atoms with Gasteiger partial charge in [-0.2, -0.15) is 17.7 Å². The van der Waals surface area contributed by atoms with E-state index in [2.05, 4.69) is 15.3 Å². The van der Waals surface area contributed by atoms with Crippen molar-refractivity contribution in [2.24, 2.45) is 0 Å². The van der Waals surface area contributed by atoms with Gasteiger partial charge in [-0.1, -0.05) is 0 Å². The number of hydrogen-bond acceptors (Lipinski definition) is 5. The Labute approximate surface area is 137 Å². The average molecular weight is 343 g/mol. The van der Waals surface area contributed by atoms with Crippen LogP contribution in [0.3, 0.4) is 0 Å². The molecule has 1 fully saturated rings. The molecule has 24 heavy (non-hydrogen) atoms. The van der Waals surface area contributed by atoms with E-state index in [9.17, 15) is 13.2 Å². The maximum atomic E-state index is 13.1. The molecule has 132 valence electrons. The highest BCUT2D eigenvalue weighted by Crippen LogP contribution is 2.30. The van der Waals surface area contributed by atoms with Crippen LogP contribution >= 0.6 is 0 Å². The fraction of sp³-hybridized carbons (Fsp3) is 0.667. The van der Waals surface area contributed by atoms with Gasteiger partial charge in [0.05, 0.1) is 6.10 Å². The highest BCUT2D eigenvalue weighted by Gasteiger charge is 2.38. The van der Waals surface area contributed by atoms with Gasteiger partial charge in [0.25, 0.3) is 5.82 Å². The van der Waals surface area contributed by atoms with E-state index < -0.39 is 12.0 Å². The molecule has 0 aromatic carbocycles. The van der Waals surface area contributed by atoms with Crippen molar-refractivity contribution >= 4 is 11.5 Å². The van der Waals surface area contributed by atoms with Crippen LogP contribution in [0.15, 0.2) is 0 Å². The lowest BCUT2D eigenvalue weighted by molar-refractivity contribution is -0.146. The number of aryl methyl sites for hydroxylation is 1. The molecule has 1 saturated heterocycles. The minimum atomic E-state index is -4.60. The van der Waals surface area contributed by atoms with Crippen molar-refractivity contribution < 1.29 is 17.9 Å². The lowest BCUT2D eigenvalue weighted by Gasteiger charge is -2.29. The SMILES string of the molecule is Cc1c(N(C)CC2CCCCO2)nn2c(C(F)(F)F)nnc2c1C. The molecule has 2 aromatic rings. The molecule has 0 bridgehead atoms. The molecule has 0 amide bonds. The molecule has 6 nitrogen and oxygen atoms in total. The second-order valence-corrected chi connectivity index (χ2v) is 6.20. The zero-order chi connectivity index (χ0) is 17.5. The fourth-order valence-corrected chi connectivity index (χ4v) is 3.00. The number of nitrogens with zero attached hydrogens (tertiary/aromatic N) is 5. The van der Waals surface area contributed by atoms with E-state index in [1.807, 2.05) is 18.9 Å². The first-order chi connectivity index (χ1) is 11.3. The largest absolute Gasteiger partial charge is 0.453 e. The molecule has 1 atom stereocenters. The third kappa shape index (κ3) is 3.04. The van der Waals surface area contributed by atoms with Crippen LogP contribution in [0.5, 0.6) is 0 Å². The molecular formula is C15H20F3N5O. The summed E-state index contributed by atoms with van der Waals surface area (Å²) in [7, 11) is 1.82. The summed E-state index contributed by atoms with van der Waals surface area (Å²) in [5.41, 5.74) is 1.56. The highest BCUT2D eigenvalue weighted by atomic mass is 19.4. The second-order valence-electron chi connectivity index (χ2n) is 6.20. The Morgan fingerprint density at radius 1 is 1.21 bits per heavy atom. The number of ether oxygens (including phenoxy) is 1. The van der Waals surface area contributed by atoms with Crippen LogP contribution in [0.25, 0.3) is 5.65 Å². The third-order valence-corrected chi connectivity index (χ3v) is 4.44. The summed E-state index contributed by atoms with van der Waals surface area (Å²) in [4.78, 5) is 1.85. The van der Waals surface area contributed by atoms with Gasteiger partial charge in [-0.15, -0.1) is 15.3 Å². The monoisotopic (exact) mass is 343 g/mol. The predicted octanol–water partition coefficient (Wildman–Crippen LogP) is 2.77. The van der Waals surface area contributed by atoms with Crippen LogP contribution in [0.1, 0.15) is 36.2 Å². The molecule has 0 saturated carbocycles. The zero-order valence-corrected chi connectivity index (χ0v) is 13.9. The first kappa shape index (κ1) is 16.9. The highest BCUT2D eigenvalue weighted by molar-refractivity contribution is 5.59. The van der Waals surface area contributed by atoms with Gasteiger partial charge >= 0.3 is 6.18 Å². The van der Waals surface area contributed by atoms with Crippen LogP contribution in [-0.2, 0) is 10.9 Å². The van der Waals surface area contributed by atoms with Crippen LogP contribution < -0.4 is 4.90 Å². The molecule has 3 heterocycles. The molecule has 1 aliphatic heterocycles. The molecule has 0 spiro atoms. The summed E-state index contributed by atoms with van der Waals surface area (Å²) in [6.45, 7) is 4.88. The molecule has 9 heteroatoms. The summed E-state index contributed by atoms with van der Waals surface area (Å²) in [6.07, 6.45) is -1.42. The Morgan fingerprint density at radius 2 is 1.96 bits per heavy atom. The van der Waals surface area contributed by atoms with Gasteiger partial charge in [0.15, 0.2) is 11.5 Å². The molecule has 1 aliphatic rings. The Bertz CT molecular complexity index is 737. The van der Waals surface area contributed by atoms with Crippen LogP contribution in [0.4, 0.5) is 19.0 Å². The Balaban J connectivity index is 1.98. The second kappa shape index (κ2) is 6.19. The van der Waals surface area contributed by atoms with Gasteiger partial charge in [0, 0.05) is 31.3 Å². The van der Waals surface area contributed by atoms with Crippen molar-refractivity contribution in [2.75, 3.05) is 25.1 Å². The number of alkyl halides is 3. The summed E-state index contributed by atoms with van der Waals surface area (Å²) < 4.78 is 45.8. The van der Waals surface area contributed by atoms with E-state index in [-0.39, 0.29) is 11.8 Å². The minimum Gasteiger partial charge on any atom is -0.376 e. The maximum absolute atomic E-state index is 13.1. The van der Waals surface area contributed by atoms with E-state index in [0.29, 0.717) is 17.9 Å². The quantitative estimate of drug-likeness (QED) is 0.858. The van der Waals surface area contributed by atoms with Crippen molar-refractivity contribution in [3.05, 3.63) is 17.0 Å². The van der Waals surface area contributed by atoms with Gasteiger partial charge < -0.3 is 9.64 Å². The van der Waals surface area contributed by atoms with E-state index in [4.69, 9.17) is 4.74 Å². The van der Waals surface area contributed by atoms with Crippen molar-refractivity contribution in [3.8, 4) is 0 Å². The van der Waals surface area contributed by atoms with Crippen LogP contribution in [0.2, 0.25) is 0 Å². The van der Waals surface area contributed by atoms with Crippen molar-refractivity contribution in [2.45, 2.75) is 45.4 Å². The predicted molar refractivity (Wildman–Crippen MR) is 82.1 cm³/mol. The summed E-state index contributed by atoms with van der Waals surface area (Å²) in [5, 5.41) is 11.1. The number of anilines is 1. The molecule has 0 radical (unpaired) electrons. The Hall–Kier alpha value is -1.90. The van der Waals surface area contributed by atoms with E-state index in [0.717, 1.165) is 35.9 Å². The molecule has 3 rings (SSSR count). The molecule has 1 unspecified atom stereocenters. The topological polar surface area (TPSA) is 55.5 Å². The van der Waals surface area contributed by atoms with Crippen molar-refractivity contribution in [1.29, 1.82) is 0 Å². The number of aromatic nitrogens is 4.